The fraction of sp³-hybridized carbons (Fsp3) is 0.222. The van der Waals surface area contributed by atoms with Crippen molar-refractivity contribution in [1.29, 1.82) is 0 Å². The summed E-state index contributed by atoms with van der Waals surface area (Å²) in [7, 11) is 0. The van der Waals surface area contributed by atoms with Crippen LogP contribution in [-0.4, -0.2) is 6.21 Å². The summed E-state index contributed by atoms with van der Waals surface area (Å²) in [6, 6.07) is 4.03. The zero-order valence-electron chi connectivity index (χ0n) is 6.26. The Labute approximate surface area is 70.7 Å². The largest absolute Gasteiger partial charge is 0.261 e. The third-order valence-corrected chi connectivity index (χ3v) is 2.31. The van der Waals surface area contributed by atoms with Gasteiger partial charge in [-0.15, -0.1) is 0 Å². The summed E-state index contributed by atoms with van der Waals surface area (Å²) in [5.41, 5.74) is 3.41. The lowest BCUT2D eigenvalue weighted by Gasteiger charge is -2.00. The van der Waals surface area contributed by atoms with Gasteiger partial charge in [0.1, 0.15) is 0 Å². The average molecular weight is 166 g/mol. The summed E-state index contributed by atoms with van der Waals surface area (Å²) in [5, 5.41) is 0.842. The molecule has 0 atom stereocenters. The molecule has 11 heavy (non-hydrogen) atoms. The second kappa shape index (κ2) is 2.35. The number of hydrogen-bond donors (Lipinski definition) is 0. The Morgan fingerprint density at radius 2 is 2.27 bits per heavy atom. The van der Waals surface area contributed by atoms with Gasteiger partial charge in [-0.05, 0) is 30.2 Å². The Kier molecular flexibility index (Phi) is 1.46. The van der Waals surface area contributed by atoms with Crippen molar-refractivity contribution in [2.24, 2.45) is 4.99 Å². The van der Waals surface area contributed by atoms with Gasteiger partial charge in [-0.1, -0.05) is 11.6 Å². The van der Waals surface area contributed by atoms with E-state index in [9.17, 15) is 0 Å². The van der Waals surface area contributed by atoms with Crippen LogP contribution in [0, 0.1) is 6.92 Å². The summed E-state index contributed by atoms with van der Waals surface area (Å²) >= 11 is 5.94. The highest BCUT2D eigenvalue weighted by Gasteiger charge is 2.07. The molecule has 1 aliphatic heterocycles. The van der Waals surface area contributed by atoms with E-state index in [1.54, 1.807) is 0 Å². The third-order valence-electron chi connectivity index (χ3n) is 1.90. The van der Waals surface area contributed by atoms with Gasteiger partial charge in [-0.25, -0.2) is 0 Å². The molecule has 2 rings (SSSR count). The van der Waals surface area contributed by atoms with Crippen molar-refractivity contribution >= 4 is 23.5 Å². The van der Waals surface area contributed by atoms with Crippen molar-refractivity contribution in [1.82, 2.24) is 0 Å². The quantitative estimate of drug-likeness (QED) is 0.561. The van der Waals surface area contributed by atoms with Crippen molar-refractivity contribution in [2.75, 3.05) is 0 Å². The lowest BCUT2D eigenvalue weighted by Crippen LogP contribution is -1.81. The summed E-state index contributed by atoms with van der Waals surface area (Å²) in [5.74, 6) is 0. The van der Waals surface area contributed by atoms with Gasteiger partial charge < -0.3 is 0 Å². The maximum absolute atomic E-state index is 5.94. The first-order chi connectivity index (χ1) is 5.27. The van der Waals surface area contributed by atoms with E-state index in [1.807, 2.05) is 25.3 Å². The minimum atomic E-state index is 0.842. The van der Waals surface area contributed by atoms with Gasteiger partial charge in [0.15, 0.2) is 0 Å². The van der Waals surface area contributed by atoms with E-state index in [0.717, 1.165) is 22.7 Å². The maximum Gasteiger partial charge on any atom is 0.0665 e. The number of nitrogens with zero attached hydrogens (tertiary/aromatic N) is 1. The number of rotatable bonds is 0. The van der Waals surface area contributed by atoms with Crippen LogP contribution < -0.4 is 0 Å². The molecule has 0 amide bonds. The topological polar surface area (TPSA) is 12.4 Å². The van der Waals surface area contributed by atoms with Gasteiger partial charge >= 0.3 is 0 Å². The van der Waals surface area contributed by atoms with Crippen LogP contribution in [0.25, 0.3) is 0 Å². The Balaban J connectivity index is 2.63. The Bertz CT molecular complexity index is 329. The fourth-order valence-electron chi connectivity index (χ4n) is 1.23. The molecule has 0 fully saturated rings. The molecule has 1 aromatic rings. The van der Waals surface area contributed by atoms with Crippen molar-refractivity contribution < 1.29 is 0 Å². The zero-order valence-corrected chi connectivity index (χ0v) is 7.02. The van der Waals surface area contributed by atoms with Gasteiger partial charge in [-0.3, -0.25) is 4.99 Å². The molecule has 0 aromatic heterocycles. The van der Waals surface area contributed by atoms with E-state index < -0.39 is 0 Å². The summed E-state index contributed by atoms with van der Waals surface area (Å²) in [6.45, 7) is 2.00. The number of benzene rings is 1. The molecule has 1 aliphatic rings. The molecule has 1 nitrogen and oxygen atoms in total. The molecule has 56 valence electrons. The van der Waals surface area contributed by atoms with E-state index >= 15 is 0 Å². The molecule has 0 unspecified atom stereocenters. The van der Waals surface area contributed by atoms with Crippen molar-refractivity contribution in [3.05, 3.63) is 28.3 Å². The molecule has 0 radical (unpaired) electrons. The summed E-state index contributed by atoms with van der Waals surface area (Å²) in [4.78, 5) is 4.22. The van der Waals surface area contributed by atoms with Gasteiger partial charge in [0.05, 0.1) is 5.69 Å². The Morgan fingerprint density at radius 1 is 1.45 bits per heavy atom. The molecule has 0 N–H and O–H groups in total. The molecular weight excluding hydrogens is 158 g/mol. The predicted molar refractivity (Wildman–Crippen MR) is 48.0 cm³/mol. The zero-order chi connectivity index (χ0) is 7.84. The maximum atomic E-state index is 5.94. The van der Waals surface area contributed by atoms with Gasteiger partial charge in [0.25, 0.3) is 0 Å². The Hall–Kier alpha value is -0.820. The highest BCUT2D eigenvalue weighted by molar-refractivity contribution is 6.31. The van der Waals surface area contributed by atoms with E-state index in [2.05, 4.69) is 4.99 Å². The standard InChI is InChI=1S/C9H8ClN/c1-6-4-9-7(2-3-11-9)5-8(6)10/h3-5H,2H2,1H3. The van der Waals surface area contributed by atoms with Crippen molar-refractivity contribution in [3.63, 3.8) is 0 Å². The average Bonchev–Trinajstić information content (AvgIpc) is 2.36. The Morgan fingerprint density at radius 3 is 3.09 bits per heavy atom. The van der Waals surface area contributed by atoms with Crippen LogP contribution in [0.2, 0.25) is 5.02 Å². The summed E-state index contributed by atoms with van der Waals surface area (Å²) < 4.78 is 0. The second-order valence-corrected chi connectivity index (χ2v) is 3.15. The van der Waals surface area contributed by atoms with Crippen LogP contribution in [0.3, 0.4) is 0 Å². The van der Waals surface area contributed by atoms with Gasteiger partial charge in [0, 0.05) is 17.7 Å². The first-order valence-electron chi connectivity index (χ1n) is 3.59. The number of fused-ring (bicyclic) bond motifs is 1. The molecule has 0 saturated carbocycles. The number of halogens is 1. The SMILES string of the molecule is Cc1cc2c(cc1Cl)CC=N2. The molecule has 1 aromatic carbocycles. The van der Waals surface area contributed by atoms with E-state index in [1.165, 1.54) is 5.56 Å². The van der Waals surface area contributed by atoms with Gasteiger partial charge in [-0.2, -0.15) is 0 Å². The van der Waals surface area contributed by atoms with Crippen molar-refractivity contribution in [2.45, 2.75) is 13.3 Å². The van der Waals surface area contributed by atoms with E-state index in [4.69, 9.17) is 11.6 Å². The highest BCUT2D eigenvalue weighted by atomic mass is 35.5. The highest BCUT2D eigenvalue weighted by Crippen LogP contribution is 2.29. The van der Waals surface area contributed by atoms with Crippen molar-refractivity contribution in [3.8, 4) is 0 Å². The molecular formula is C9H8ClN. The molecule has 0 saturated heterocycles. The lowest BCUT2D eigenvalue weighted by molar-refractivity contribution is 1.37. The molecule has 0 bridgehead atoms. The molecule has 0 aliphatic carbocycles. The van der Waals surface area contributed by atoms with Crippen LogP contribution in [0.1, 0.15) is 11.1 Å². The smallest absolute Gasteiger partial charge is 0.0665 e. The monoisotopic (exact) mass is 165 g/mol. The number of aliphatic imine (C=N–C) groups is 1. The minimum Gasteiger partial charge on any atom is -0.261 e. The van der Waals surface area contributed by atoms with Crippen LogP contribution in [0.5, 0.6) is 0 Å². The molecule has 2 heteroatoms. The van der Waals surface area contributed by atoms with E-state index in [0.29, 0.717) is 0 Å². The second-order valence-electron chi connectivity index (χ2n) is 2.75. The van der Waals surface area contributed by atoms with Gasteiger partial charge in [0.2, 0.25) is 0 Å². The number of hydrogen-bond acceptors (Lipinski definition) is 1. The first-order valence-corrected chi connectivity index (χ1v) is 3.97. The normalized spacial score (nSPS) is 13.6. The fourth-order valence-corrected chi connectivity index (χ4v) is 1.42. The van der Waals surface area contributed by atoms with Crippen LogP contribution in [0.15, 0.2) is 17.1 Å². The summed E-state index contributed by atoms with van der Waals surface area (Å²) in [6.07, 6.45) is 2.84. The first kappa shape index (κ1) is 6.86. The molecule has 1 heterocycles. The van der Waals surface area contributed by atoms with Crippen LogP contribution in [0.4, 0.5) is 5.69 Å². The van der Waals surface area contributed by atoms with E-state index in [-0.39, 0.29) is 0 Å². The van der Waals surface area contributed by atoms with Crippen LogP contribution >= 0.6 is 11.6 Å². The number of aryl methyl sites for hydroxylation is 1. The lowest BCUT2D eigenvalue weighted by atomic mass is 10.1. The molecule has 0 spiro atoms. The predicted octanol–water partition coefficient (Wildman–Crippen LogP) is 2.91. The van der Waals surface area contributed by atoms with Crippen LogP contribution in [-0.2, 0) is 6.42 Å². The third kappa shape index (κ3) is 1.05. The minimum absolute atomic E-state index is 0.842.